The number of esters is 4. The lowest BCUT2D eigenvalue weighted by Gasteiger charge is -2.21. The smallest absolute Gasteiger partial charge is 0.462 e. The molecule has 0 aromatic carbocycles. The summed E-state index contributed by atoms with van der Waals surface area (Å²) in [6.07, 6.45) is 61.0. The number of rotatable bonds is 78. The van der Waals surface area contributed by atoms with E-state index in [0.717, 1.165) is 95.8 Å². The van der Waals surface area contributed by atoms with Gasteiger partial charge >= 0.3 is 39.5 Å². The van der Waals surface area contributed by atoms with Crippen LogP contribution in [-0.2, 0) is 65.4 Å². The molecular weight excluding hydrogens is 1270 g/mol. The van der Waals surface area contributed by atoms with E-state index in [0.29, 0.717) is 25.7 Å². The largest absolute Gasteiger partial charge is 0.472 e. The highest BCUT2D eigenvalue weighted by atomic mass is 31.2. The van der Waals surface area contributed by atoms with Gasteiger partial charge in [-0.25, -0.2) is 9.13 Å². The number of phosphoric acid groups is 2. The highest BCUT2D eigenvalue weighted by Crippen LogP contribution is 2.45. The molecule has 17 nitrogen and oxygen atoms in total. The molecule has 97 heavy (non-hydrogen) atoms. The van der Waals surface area contributed by atoms with Crippen LogP contribution >= 0.6 is 15.6 Å². The van der Waals surface area contributed by atoms with Gasteiger partial charge in [-0.05, 0) is 31.6 Å². The summed E-state index contributed by atoms with van der Waals surface area (Å²) in [4.78, 5) is 72.9. The topological polar surface area (TPSA) is 237 Å². The van der Waals surface area contributed by atoms with Crippen LogP contribution in [0.4, 0.5) is 0 Å². The zero-order valence-corrected chi connectivity index (χ0v) is 65.0. The molecule has 0 radical (unpaired) electrons. The molecule has 0 aromatic heterocycles. The van der Waals surface area contributed by atoms with Crippen LogP contribution in [0.3, 0.4) is 0 Å². The van der Waals surface area contributed by atoms with Gasteiger partial charge in [0.05, 0.1) is 26.4 Å². The fourth-order valence-electron chi connectivity index (χ4n) is 12.0. The first kappa shape index (κ1) is 95.1. The Morgan fingerprint density at radius 1 is 0.289 bits per heavy atom. The van der Waals surface area contributed by atoms with Crippen molar-refractivity contribution < 1.29 is 80.2 Å². The van der Waals surface area contributed by atoms with E-state index in [9.17, 15) is 43.2 Å². The second kappa shape index (κ2) is 71.1. The molecule has 0 saturated heterocycles. The molecule has 19 heteroatoms. The number of ether oxygens (including phenoxy) is 4. The van der Waals surface area contributed by atoms with Gasteiger partial charge in [-0.15, -0.1) is 0 Å². The summed E-state index contributed by atoms with van der Waals surface area (Å²) in [5.74, 6) is -1.34. The molecule has 0 aliphatic heterocycles. The Bertz CT molecular complexity index is 1860. The van der Waals surface area contributed by atoms with Gasteiger partial charge in [-0.2, -0.15) is 0 Å². The molecule has 0 spiro atoms. The third-order valence-electron chi connectivity index (χ3n) is 18.6. The zero-order valence-electron chi connectivity index (χ0n) is 63.2. The van der Waals surface area contributed by atoms with E-state index in [4.69, 9.17) is 37.0 Å². The van der Waals surface area contributed by atoms with E-state index in [2.05, 4.69) is 34.6 Å². The lowest BCUT2D eigenvalue weighted by Crippen LogP contribution is -2.30. The van der Waals surface area contributed by atoms with Crippen molar-refractivity contribution in [3.63, 3.8) is 0 Å². The molecule has 0 amide bonds. The third-order valence-corrected chi connectivity index (χ3v) is 20.5. The highest BCUT2D eigenvalue weighted by Gasteiger charge is 2.30. The molecule has 3 N–H and O–H groups in total. The fourth-order valence-corrected chi connectivity index (χ4v) is 13.6. The number of carbonyl (C=O) groups is 4. The second-order valence-corrected chi connectivity index (χ2v) is 31.3. The summed E-state index contributed by atoms with van der Waals surface area (Å²) in [7, 11) is -9.91. The second-order valence-electron chi connectivity index (χ2n) is 28.3. The third kappa shape index (κ3) is 70.9. The van der Waals surface area contributed by atoms with E-state index < -0.39 is 97.5 Å². The number of aliphatic hydroxyl groups excluding tert-OH is 1. The van der Waals surface area contributed by atoms with Crippen LogP contribution in [0.15, 0.2) is 0 Å². The van der Waals surface area contributed by atoms with Crippen LogP contribution in [-0.4, -0.2) is 96.7 Å². The maximum Gasteiger partial charge on any atom is 0.472 e. The van der Waals surface area contributed by atoms with Crippen LogP contribution in [0.25, 0.3) is 0 Å². The molecule has 0 aliphatic carbocycles. The van der Waals surface area contributed by atoms with Crippen LogP contribution in [0, 0.1) is 5.92 Å². The summed E-state index contributed by atoms with van der Waals surface area (Å²) in [6, 6.07) is 0. The molecule has 0 rings (SSSR count). The molecule has 0 bridgehead atoms. The van der Waals surface area contributed by atoms with Crippen LogP contribution < -0.4 is 0 Å². The lowest BCUT2D eigenvalue weighted by molar-refractivity contribution is -0.161. The Hall–Kier alpha value is -1.94. The Kier molecular flexibility index (Phi) is 69.6. The number of aliphatic hydroxyl groups is 1. The van der Waals surface area contributed by atoms with Gasteiger partial charge in [-0.1, -0.05) is 362 Å². The van der Waals surface area contributed by atoms with Crippen molar-refractivity contribution in [3.05, 3.63) is 0 Å². The fraction of sp³-hybridized carbons (Fsp3) is 0.949. The maximum atomic E-state index is 13.1. The maximum absolute atomic E-state index is 13.1. The molecule has 0 aromatic rings. The minimum absolute atomic E-state index is 0.106. The van der Waals surface area contributed by atoms with Crippen molar-refractivity contribution in [1.82, 2.24) is 0 Å². The van der Waals surface area contributed by atoms with E-state index in [1.807, 2.05) is 0 Å². The first-order chi connectivity index (χ1) is 47.1. The minimum atomic E-state index is -4.96. The summed E-state index contributed by atoms with van der Waals surface area (Å²) in [6.45, 7) is 7.30. The van der Waals surface area contributed by atoms with Crippen LogP contribution in [0.5, 0.6) is 0 Å². The summed E-state index contributed by atoms with van der Waals surface area (Å²) >= 11 is 0. The highest BCUT2D eigenvalue weighted by molar-refractivity contribution is 7.47. The summed E-state index contributed by atoms with van der Waals surface area (Å²) in [5, 5.41) is 10.6. The molecule has 3 unspecified atom stereocenters. The van der Waals surface area contributed by atoms with Gasteiger partial charge in [0.1, 0.15) is 19.3 Å². The monoisotopic (exact) mass is 1420 g/mol. The average molecular weight is 1420 g/mol. The van der Waals surface area contributed by atoms with Crippen molar-refractivity contribution in [2.75, 3.05) is 39.6 Å². The van der Waals surface area contributed by atoms with Crippen molar-refractivity contribution >= 4 is 39.5 Å². The van der Waals surface area contributed by atoms with E-state index >= 15 is 0 Å². The number of phosphoric ester groups is 2. The Morgan fingerprint density at radius 3 is 0.732 bits per heavy atom. The van der Waals surface area contributed by atoms with E-state index in [1.54, 1.807) is 0 Å². The Labute approximate surface area is 594 Å². The van der Waals surface area contributed by atoms with Crippen molar-refractivity contribution in [2.45, 2.75) is 432 Å². The van der Waals surface area contributed by atoms with Gasteiger partial charge in [0.15, 0.2) is 12.2 Å². The standard InChI is InChI=1S/C78H152O17P2/c1-6-10-13-16-19-22-25-27-28-29-30-31-32-33-34-36-39-42-48-53-58-63-77(82)94-73(67-89-76(81)62-57-52-47-41-38-35-26-23-20-17-14-11-7-2)69-92-96(84,85)90-65-72(79)66-91-97(86,87)93-70-74(68-88-75(80)61-56-51-46-40-37-24-21-18-15-12-8-3)95-78(83)64-59-54-49-44-43-45-50-55-60-71(5)9-4/h71-74,79H,6-70H2,1-5H3,(H,84,85)(H,86,87)/t71?,72-,73-,74-/m1/s1. The first-order valence-corrected chi connectivity index (χ1v) is 43.7. The number of carbonyl (C=O) groups excluding carboxylic acids is 4. The van der Waals surface area contributed by atoms with Crippen molar-refractivity contribution in [2.24, 2.45) is 5.92 Å². The van der Waals surface area contributed by atoms with Crippen molar-refractivity contribution in [3.8, 4) is 0 Å². The Balaban J connectivity index is 5.21. The van der Waals surface area contributed by atoms with Gasteiger partial charge < -0.3 is 33.8 Å². The van der Waals surface area contributed by atoms with Crippen LogP contribution in [0.2, 0.25) is 0 Å². The predicted molar refractivity (Wildman–Crippen MR) is 395 cm³/mol. The Morgan fingerprint density at radius 2 is 0.495 bits per heavy atom. The molecular formula is C78H152O17P2. The van der Waals surface area contributed by atoms with Gasteiger partial charge in [0, 0.05) is 25.7 Å². The van der Waals surface area contributed by atoms with Gasteiger partial charge in [-0.3, -0.25) is 37.3 Å². The van der Waals surface area contributed by atoms with E-state index in [-0.39, 0.29) is 25.7 Å². The number of hydrogen-bond acceptors (Lipinski definition) is 15. The normalized spacial score (nSPS) is 14.2. The van der Waals surface area contributed by atoms with Gasteiger partial charge in [0.25, 0.3) is 0 Å². The summed E-state index contributed by atoms with van der Waals surface area (Å²) in [5.41, 5.74) is 0. The van der Waals surface area contributed by atoms with Gasteiger partial charge in [0.2, 0.25) is 0 Å². The summed E-state index contributed by atoms with van der Waals surface area (Å²) < 4.78 is 68.6. The number of hydrogen-bond donors (Lipinski definition) is 3. The van der Waals surface area contributed by atoms with E-state index in [1.165, 1.54) is 238 Å². The molecule has 0 aliphatic rings. The van der Waals surface area contributed by atoms with Crippen LogP contribution in [0.1, 0.15) is 413 Å². The molecule has 0 saturated carbocycles. The minimum Gasteiger partial charge on any atom is -0.462 e. The SMILES string of the molecule is CCCCCCCCCCCCCCCCCCCCCCCC(=O)O[C@H](COC(=O)CCCCCCCCCCCCCCC)COP(=O)(O)OC[C@@H](O)COP(=O)(O)OC[C@@H](COC(=O)CCCCCCCCCCCCC)OC(=O)CCCCCCCCCCC(C)CC. The van der Waals surface area contributed by atoms with Crippen molar-refractivity contribution in [1.29, 1.82) is 0 Å². The molecule has 0 heterocycles. The molecule has 576 valence electrons. The predicted octanol–water partition coefficient (Wildman–Crippen LogP) is 23.3. The number of unbranched alkanes of at least 4 members (excludes halogenated alkanes) is 49. The molecule has 6 atom stereocenters. The quantitative estimate of drug-likeness (QED) is 0.0222. The molecule has 0 fully saturated rings. The average Bonchev–Trinajstić information content (AvgIpc) is 1.35. The first-order valence-electron chi connectivity index (χ1n) is 40.7. The lowest BCUT2D eigenvalue weighted by atomic mass is 9.99. The zero-order chi connectivity index (χ0) is 71.2.